The van der Waals surface area contributed by atoms with Crippen molar-refractivity contribution < 1.29 is 19.0 Å². The molecule has 10 nitrogen and oxygen atoms in total. The molecule has 0 N–H and O–H groups in total. The van der Waals surface area contributed by atoms with E-state index in [4.69, 9.17) is 14.2 Å². The van der Waals surface area contributed by atoms with Crippen LogP contribution in [0.2, 0.25) is 0 Å². The number of ether oxygens (including phenoxy) is 3. The predicted molar refractivity (Wildman–Crippen MR) is 102 cm³/mol. The lowest BCUT2D eigenvalue weighted by molar-refractivity contribution is 0.0718. The summed E-state index contributed by atoms with van der Waals surface area (Å²) in [6.45, 7) is 4.28. The van der Waals surface area contributed by atoms with E-state index >= 15 is 0 Å². The molecule has 0 fully saturated rings. The summed E-state index contributed by atoms with van der Waals surface area (Å²) in [6.07, 6.45) is 0. The third-order valence-electron chi connectivity index (χ3n) is 3.97. The fourth-order valence-electron chi connectivity index (χ4n) is 2.61. The van der Waals surface area contributed by atoms with Gasteiger partial charge in [0.05, 0.1) is 29.4 Å². The predicted octanol–water partition coefficient (Wildman–Crippen LogP) is 2.09. The summed E-state index contributed by atoms with van der Waals surface area (Å²) in [5.74, 6) is 0.431. The number of hydrogen-bond acceptors (Lipinski definition) is 8. The summed E-state index contributed by atoms with van der Waals surface area (Å²) >= 11 is 3.46. The standard InChI is InChI=1S/C17H19BrN6O4/c1-10-9-14(23(3)20-10)28-16(25)12-5-6-13(18)15(11(12)2)27-8-7-24-17(26-4)19-21-22-24/h5-6,9H,7-8H2,1-4H3. The molecule has 2 heterocycles. The number of carbonyl (C=O) groups excluding carboxylic acids is 1. The van der Waals surface area contributed by atoms with E-state index in [0.29, 0.717) is 35.3 Å². The number of esters is 1. The smallest absolute Gasteiger partial charge is 0.345 e. The summed E-state index contributed by atoms with van der Waals surface area (Å²) < 4.78 is 20.1. The van der Waals surface area contributed by atoms with Crippen molar-refractivity contribution in [1.82, 2.24) is 30.0 Å². The number of halogens is 1. The molecule has 1 aromatic carbocycles. The molecule has 0 aliphatic rings. The van der Waals surface area contributed by atoms with Crippen molar-refractivity contribution in [2.24, 2.45) is 7.05 Å². The SMILES string of the molecule is COc1nnnn1CCOc1c(Br)ccc(C(=O)Oc2cc(C)nn2C)c1C. The minimum Gasteiger partial charge on any atom is -0.490 e. The Hall–Kier alpha value is -2.95. The second-order valence-electron chi connectivity index (χ2n) is 5.92. The van der Waals surface area contributed by atoms with E-state index in [1.165, 1.54) is 16.5 Å². The number of aryl methyl sites for hydroxylation is 2. The molecular weight excluding hydrogens is 432 g/mol. The normalized spacial score (nSPS) is 10.8. The highest BCUT2D eigenvalue weighted by molar-refractivity contribution is 9.10. The fraction of sp³-hybridized carbons (Fsp3) is 0.353. The number of benzene rings is 1. The third-order valence-corrected chi connectivity index (χ3v) is 4.59. The van der Waals surface area contributed by atoms with Gasteiger partial charge in [0.15, 0.2) is 0 Å². The number of hydrogen-bond donors (Lipinski definition) is 0. The van der Waals surface area contributed by atoms with Crippen LogP contribution in [0, 0.1) is 13.8 Å². The summed E-state index contributed by atoms with van der Waals surface area (Å²) in [4.78, 5) is 12.6. The number of nitrogens with zero attached hydrogens (tertiary/aromatic N) is 6. The fourth-order valence-corrected chi connectivity index (χ4v) is 3.15. The van der Waals surface area contributed by atoms with E-state index < -0.39 is 5.97 Å². The summed E-state index contributed by atoms with van der Waals surface area (Å²) in [5.41, 5.74) is 1.82. The van der Waals surface area contributed by atoms with Gasteiger partial charge in [0, 0.05) is 18.7 Å². The number of tetrazole rings is 1. The molecule has 28 heavy (non-hydrogen) atoms. The second kappa shape index (κ2) is 8.38. The Labute approximate surface area is 169 Å². The third kappa shape index (κ3) is 4.14. The lowest BCUT2D eigenvalue weighted by Gasteiger charge is -2.14. The lowest BCUT2D eigenvalue weighted by atomic mass is 10.1. The average Bonchev–Trinajstić information content (AvgIpc) is 3.23. The summed E-state index contributed by atoms with van der Waals surface area (Å²) in [5, 5.41) is 15.3. The molecule has 11 heteroatoms. The Kier molecular flexibility index (Phi) is 5.93. The highest BCUT2D eigenvalue weighted by atomic mass is 79.9. The zero-order valence-corrected chi connectivity index (χ0v) is 17.4. The molecule has 0 atom stereocenters. The Bertz CT molecular complexity index is 1000. The quantitative estimate of drug-likeness (QED) is 0.503. The molecule has 148 valence electrons. The van der Waals surface area contributed by atoms with Crippen LogP contribution in [0.5, 0.6) is 17.6 Å². The molecule has 0 saturated heterocycles. The van der Waals surface area contributed by atoms with Crippen LogP contribution >= 0.6 is 15.9 Å². The maximum absolute atomic E-state index is 12.6. The van der Waals surface area contributed by atoms with Crippen molar-refractivity contribution in [2.75, 3.05) is 13.7 Å². The molecular formula is C17H19BrN6O4. The minimum atomic E-state index is -0.486. The summed E-state index contributed by atoms with van der Waals surface area (Å²) in [6, 6.07) is 5.42. The molecule has 0 spiro atoms. The number of carbonyl (C=O) groups is 1. The van der Waals surface area contributed by atoms with Gasteiger partial charge >= 0.3 is 12.0 Å². The highest BCUT2D eigenvalue weighted by Crippen LogP contribution is 2.32. The minimum absolute atomic E-state index is 0.278. The van der Waals surface area contributed by atoms with Crippen LogP contribution in [-0.2, 0) is 13.6 Å². The molecule has 0 unspecified atom stereocenters. The largest absolute Gasteiger partial charge is 0.490 e. The molecule has 0 amide bonds. The van der Waals surface area contributed by atoms with E-state index in [2.05, 4.69) is 36.6 Å². The molecule has 0 saturated carbocycles. The van der Waals surface area contributed by atoms with Crippen molar-refractivity contribution in [3.05, 3.63) is 39.5 Å². The van der Waals surface area contributed by atoms with E-state index in [9.17, 15) is 4.79 Å². The van der Waals surface area contributed by atoms with Crippen LogP contribution in [0.4, 0.5) is 0 Å². The van der Waals surface area contributed by atoms with Gasteiger partial charge in [-0.05, 0) is 52.3 Å². The second-order valence-corrected chi connectivity index (χ2v) is 6.78. The van der Waals surface area contributed by atoms with E-state index in [0.717, 1.165) is 10.2 Å². The maximum Gasteiger partial charge on any atom is 0.345 e. The van der Waals surface area contributed by atoms with E-state index in [1.807, 2.05) is 6.92 Å². The molecule has 0 aliphatic heterocycles. The van der Waals surface area contributed by atoms with Crippen LogP contribution in [0.25, 0.3) is 0 Å². The molecule has 3 rings (SSSR count). The number of rotatable bonds is 7. The van der Waals surface area contributed by atoms with Gasteiger partial charge in [0.1, 0.15) is 12.4 Å². The first kappa shape index (κ1) is 19.8. The van der Waals surface area contributed by atoms with Gasteiger partial charge in [0.2, 0.25) is 5.88 Å². The van der Waals surface area contributed by atoms with Gasteiger partial charge in [-0.1, -0.05) is 5.10 Å². The van der Waals surface area contributed by atoms with Crippen molar-refractivity contribution in [3.63, 3.8) is 0 Å². The Morgan fingerprint density at radius 2 is 2.07 bits per heavy atom. The maximum atomic E-state index is 12.6. The van der Waals surface area contributed by atoms with Gasteiger partial charge in [-0.3, -0.25) is 0 Å². The van der Waals surface area contributed by atoms with Crippen LogP contribution in [0.1, 0.15) is 21.6 Å². The summed E-state index contributed by atoms with van der Waals surface area (Å²) in [7, 11) is 3.20. The monoisotopic (exact) mass is 450 g/mol. The van der Waals surface area contributed by atoms with Crippen LogP contribution < -0.4 is 14.2 Å². The van der Waals surface area contributed by atoms with Gasteiger partial charge < -0.3 is 14.2 Å². The Balaban J connectivity index is 1.74. The Morgan fingerprint density at radius 1 is 1.29 bits per heavy atom. The first-order valence-electron chi connectivity index (χ1n) is 8.35. The van der Waals surface area contributed by atoms with Crippen LogP contribution in [0.15, 0.2) is 22.7 Å². The molecule has 0 aliphatic carbocycles. The van der Waals surface area contributed by atoms with Crippen LogP contribution in [-0.4, -0.2) is 49.7 Å². The van der Waals surface area contributed by atoms with Crippen molar-refractivity contribution >= 4 is 21.9 Å². The average molecular weight is 451 g/mol. The van der Waals surface area contributed by atoms with Gasteiger partial charge in [-0.2, -0.15) is 9.78 Å². The van der Waals surface area contributed by atoms with Crippen LogP contribution in [0.3, 0.4) is 0 Å². The molecule has 0 radical (unpaired) electrons. The number of methoxy groups -OCH3 is 1. The lowest BCUT2D eigenvalue weighted by Crippen LogP contribution is -2.15. The topological polar surface area (TPSA) is 106 Å². The van der Waals surface area contributed by atoms with E-state index in [-0.39, 0.29) is 6.61 Å². The Morgan fingerprint density at radius 3 is 2.75 bits per heavy atom. The zero-order valence-electron chi connectivity index (χ0n) is 15.8. The zero-order chi connectivity index (χ0) is 20.3. The van der Waals surface area contributed by atoms with Gasteiger partial charge in [-0.15, -0.1) is 0 Å². The van der Waals surface area contributed by atoms with Crippen molar-refractivity contribution in [1.29, 1.82) is 0 Å². The molecule has 3 aromatic rings. The van der Waals surface area contributed by atoms with Gasteiger partial charge in [-0.25, -0.2) is 9.48 Å². The first-order chi connectivity index (χ1) is 13.4. The van der Waals surface area contributed by atoms with Crippen molar-refractivity contribution in [3.8, 4) is 17.6 Å². The van der Waals surface area contributed by atoms with Gasteiger partial charge in [0.25, 0.3) is 0 Å². The number of aromatic nitrogens is 6. The molecule has 0 bridgehead atoms. The highest BCUT2D eigenvalue weighted by Gasteiger charge is 2.19. The van der Waals surface area contributed by atoms with Crippen molar-refractivity contribution in [2.45, 2.75) is 20.4 Å². The molecule has 2 aromatic heterocycles. The first-order valence-corrected chi connectivity index (χ1v) is 9.15. The van der Waals surface area contributed by atoms with E-state index in [1.54, 1.807) is 32.2 Å².